The third-order valence-electron chi connectivity index (χ3n) is 2.49. The van der Waals surface area contributed by atoms with Gasteiger partial charge in [-0.3, -0.25) is 0 Å². The Hall–Kier alpha value is -1.60. The first-order valence-corrected chi connectivity index (χ1v) is 7.71. The van der Waals surface area contributed by atoms with Crippen LogP contribution in [0.2, 0.25) is 0 Å². The van der Waals surface area contributed by atoms with Crippen LogP contribution in [0.25, 0.3) is 5.65 Å². The van der Waals surface area contributed by atoms with Gasteiger partial charge in [-0.15, -0.1) is 11.3 Å². The summed E-state index contributed by atoms with van der Waals surface area (Å²) in [5.41, 5.74) is 0.863. The van der Waals surface area contributed by atoms with E-state index < -0.39 is 0 Å². The van der Waals surface area contributed by atoms with E-state index in [9.17, 15) is 0 Å². The Morgan fingerprint density at radius 3 is 3.11 bits per heavy atom. The third-order valence-corrected chi connectivity index (χ3v) is 4.34. The second-order valence-corrected chi connectivity index (χ2v) is 6.05. The van der Waals surface area contributed by atoms with Gasteiger partial charge in [0.15, 0.2) is 9.99 Å². The fourth-order valence-corrected chi connectivity index (χ4v) is 3.28. The van der Waals surface area contributed by atoms with Crippen LogP contribution in [0, 0.1) is 0 Å². The molecule has 98 valence electrons. The van der Waals surface area contributed by atoms with Crippen molar-refractivity contribution in [1.29, 1.82) is 0 Å². The topological polar surface area (TPSA) is 55.1 Å². The van der Waals surface area contributed by atoms with Crippen LogP contribution in [-0.4, -0.2) is 25.9 Å². The van der Waals surface area contributed by atoms with Gasteiger partial charge < -0.3 is 9.72 Å². The van der Waals surface area contributed by atoms with Gasteiger partial charge in [-0.2, -0.15) is 0 Å². The number of hydrogen-bond donors (Lipinski definition) is 1. The van der Waals surface area contributed by atoms with Crippen molar-refractivity contribution in [3.63, 3.8) is 0 Å². The van der Waals surface area contributed by atoms with Gasteiger partial charge in [0.1, 0.15) is 10.8 Å². The predicted molar refractivity (Wildman–Crippen MR) is 78.0 cm³/mol. The molecule has 1 N–H and O–H groups in total. The second-order valence-electron chi connectivity index (χ2n) is 3.92. The fraction of sp³-hybridized carbons (Fsp3) is 0.250. The number of fused-ring (bicyclic) bond motifs is 1. The van der Waals surface area contributed by atoms with E-state index in [1.54, 1.807) is 35.5 Å². The summed E-state index contributed by atoms with van der Waals surface area (Å²) in [5, 5.41) is 6.14. The molecule has 3 rings (SSSR count). The lowest BCUT2D eigenvalue weighted by Gasteiger charge is -2.07. The number of aromatic nitrogens is 4. The molecule has 0 saturated heterocycles. The Kier molecular flexibility index (Phi) is 3.65. The molecule has 0 amide bonds. The van der Waals surface area contributed by atoms with Gasteiger partial charge in [-0.1, -0.05) is 6.92 Å². The van der Waals surface area contributed by atoms with Crippen molar-refractivity contribution in [3.05, 3.63) is 30.2 Å². The van der Waals surface area contributed by atoms with Crippen molar-refractivity contribution in [3.8, 4) is 0 Å². The van der Waals surface area contributed by atoms with Gasteiger partial charge >= 0.3 is 0 Å². The van der Waals surface area contributed by atoms with Gasteiger partial charge in [0, 0.05) is 30.5 Å². The molecule has 3 aromatic rings. The van der Waals surface area contributed by atoms with Crippen molar-refractivity contribution in [2.45, 2.75) is 22.7 Å². The van der Waals surface area contributed by atoms with E-state index in [0.717, 1.165) is 33.8 Å². The summed E-state index contributed by atoms with van der Waals surface area (Å²) in [6.45, 7) is 3.04. The molecule has 0 atom stereocenters. The molecule has 0 radical (unpaired) electrons. The summed E-state index contributed by atoms with van der Waals surface area (Å²) in [4.78, 5) is 13.2. The summed E-state index contributed by atoms with van der Waals surface area (Å²) < 4.78 is 2.96. The van der Waals surface area contributed by atoms with Crippen LogP contribution in [-0.2, 0) is 0 Å². The minimum Gasteiger partial charge on any atom is -0.369 e. The largest absolute Gasteiger partial charge is 0.369 e. The zero-order chi connectivity index (χ0) is 13.1. The molecule has 0 aliphatic carbocycles. The van der Waals surface area contributed by atoms with E-state index in [0.29, 0.717) is 0 Å². The molecule has 0 unspecified atom stereocenters. The maximum Gasteiger partial charge on any atom is 0.170 e. The van der Waals surface area contributed by atoms with E-state index >= 15 is 0 Å². The maximum absolute atomic E-state index is 4.62. The van der Waals surface area contributed by atoms with Crippen LogP contribution < -0.4 is 5.32 Å². The molecule has 0 bridgehead atoms. The first-order valence-electron chi connectivity index (χ1n) is 6.01. The number of nitrogens with zero attached hydrogens (tertiary/aromatic N) is 4. The smallest absolute Gasteiger partial charge is 0.170 e. The van der Waals surface area contributed by atoms with E-state index in [2.05, 4.69) is 27.2 Å². The highest BCUT2D eigenvalue weighted by molar-refractivity contribution is 8.01. The molecule has 5 nitrogen and oxygen atoms in total. The predicted octanol–water partition coefficient (Wildman–Crippen LogP) is 3.16. The Bertz CT molecular complexity index is 662. The molecular formula is C12H13N5S2. The molecule has 0 spiro atoms. The van der Waals surface area contributed by atoms with Crippen LogP contribution in [0.3, 0.4) is 0 Å². The lowest BCUT2D eigenvalue weighted by atomic mass is 10.5. The Morgan fingerprint density at radius 1 is 1.37 bits per heavy atom. The Labute approximate surface area is 119 Å². The quantitative estimate of drug-likeness (QED) is 0.782. The maximum atomic E-state index is 4.62. The highest BCUT2D eigenvalue weighted by Gasteiger charge is 2.10. The van der Waals surface area contributed by atoms with Gasteiger partial charge in [0.25, 0.3) is 0 Å². The molecule has 0 fully saturated rings. The number of nitrogens with one attached hydrogen (secondary N) is 1. The first-order chi connectivity index (χ1) is 9.36. The Morgan fingerprint density at radius 2 is 2.32 bits per heavy atom. The van der Waals surface area contributed by atoms with Crippen LogP contribution >= 0.6 is 23.1 Å². The normalized spacial score (nSPS) is 11.0. The second kappa shape index (κ2) is 5.58. The number of imidazole rings is 1. The number of rotatable bonds is 5. The number of thiazole rings is 1. The average Bonchev–Trinajstić information content (AvgIpc) is 3.06. The lowest BCUT2D eigenvalue weighted by Crippen LogP contribution is -2.04. The zero-order valence-corrected chi connectivity index (χ0v) is 12.0. The number of anilines is 1. The van der Waals surface area contributed by atoms with Crippen LogP contribution in [0.5, 0.6) is 0 Å². The molecule has 7 heteroatoms. The van der Waals surface area contributed by atoms with Crippen LogP contribution in [0.4, 0.5) is 5.82 Å². The summed E-state index contributed by atoms with van der Waals surface area (Å²) in [5.74, 6) is 0.867. The SMILES string of the molecule is CCCNc1cn2ccnc2c(Sc2nccs2)n1. The average molecular weight is 291 g/mol. The zero-order valence-electron chi connectivity index (χ0n) is 10.4. The minimum absolute atomic E-state index is 0.863. The Balaban J connectivity index is 1.97. The highest BCUT2D eigenvalue weighted by Crippen LogP contribution is 2.31. The van der Waals surface area contributed by atoms with E-state index in [1.165, 1.54) is 0 Å². The summed E-state index contributed by atoms with van der Waals surface area (Å²) in [7, 11) is 0. The monoisotopic (exact) mass is 291 g/mol. The van der Waals surface area contributed by atoms with Gasteiger partial charge in [0.05, 0.1) is 6.20 Å². The molecule has 0 aromatic carbocycles. The standard InChI is InChI=1S/C12H13N5S2/c1-2-3-13-9-8-17-6-4-14-10(17)11(16-9)19-12-15-5-7-18-12/h4-8,13H,2-3H2,1H3. The number of hydrogen-bond acceptors (Lipinski definition) is 6. The third kappa shape index (κ3) is 2.71. The van der Waals surface area contributed by atoms with Crippen molar-refractivity contribution < 1.29 is 0 Å². The van der Waals surface area contributed by atoms with Gasteiger partial charge in [-0.25, -0.2) is 15.0 Å². The van der Waals surface area contributed by atoms with Crippen molar-refractivity contribution >= 4 is 34.6 Å². The molecule has 0 aliphatic heterocycles. The summed E-state index contributed by atoms with van der Waals surface area (Å²) in [6, 6.07) is 0. The van der Waals surface area contributed by atoms with E-state index in [1.807, 2.05) is 22.2 Å². The fourth-order valence-electron chi connectivity index (χ4n) is 1.65. The molecule has 0 saturated carbocycles. The van der Waals surface area contributed by atoms with Gasteiger partial charge in [-0.05, 0) is 18.2 Å². The lowest BCUT2D eigenvalue weighted by molar-refractivity contribution is 0.944. The first kappa shape index (κ1) is 12.4. The van der Waals surface area contributed by atoms with Crippen molar-refractivity contribution in [2.75, 3.05) is 11.9 Å². The molecule has 3 heterocycles. The van der Waals surface area contributed by atoms with Crippen LogP contribution in [0.1, 0.15) is 13.3 Å². The van der Waals surface area contributed by atoms with Crippen molar-refractivity contribution in [2.24, 2.45) is 0 Å². The highest BCUT2D eigenvalue weighted by atomic mass is 32.2. The minimum atomic E-state index is 0.863. The summed E-state index contributed by atoms with van der Waals surface area (Å²) >= 11 is 3.16. The van der Waals surface area contributed by atoms with E-state index in [4.69, 9.17) is 0 Å². The summed E-state index contributed by atoms with van der Waals surface area (Å²) in [6.07, 6.45) is 8.55. The van der Waals surface area contributed by atoms with Gasteiger partial charge in [0.2, 0.25) is 0 Å². The molecular weight excluding hydrogens is 278 g/mol. The van der Waals surface area contributed by atoms with Crippen molar-refractivity contribution in [1.82, 2.24) is 19.4 Å². The van der Waals surface area contributed by atoms with E-state index in [-0.39, 0.29) is 0 Å². The molecule has 19 heavy (non-hydrogen) atoms. The molecule has 3 aromatic heterocycles. The van der Waals surface area contributed by atoms with Crippen LogP contribution in [0.15, 0.2) is 39.5 Å². The molecule has 0 aliphatic rings.